The standard InChI is InChI=1S/C13H15N3OS2/c1-7-4-5-10(6-8(7)2)11(17)9(3)18-13-16-15-12(14)19-13/h4-6,9H,1-3H3,(H2,14,15)/t9-/m1/s1. The molecule has 1 atom stereocenters. The van der Waals surface area contributed by atoms with E-state index in [1.165, 1.54) is 28.7 Å². The molecule has 0 fully saturated rings. The van der Waals surface area contributed by atoms with E-state index < -0.39 is 0 Å². The van der Waals surface area contributed by atoms with Crippen LogP contribution in [0.4, 0.5) is 5.13 Å². The van der Waals surface area contributed by atoms with Crippen LogP contribution in [0.3, 0.4) is 0 Å². The number of benzene rings is 1. The zero-order valence-electron chi connectivity index (χ0n) is 11.0. The van der Waals surface area contributed by atoms with Crippen molar-refractivity contribution in [1.82, 2.24) is 10.2 Å². The summed E-state index contributed by atoms with van der Waals surface area (Å²) < 4.78 is 0.724. The van der Waals surface area contributed by atoms with E-state index in [4.69, 9.17) is 5.73 Å². The molecule has 19 heavy (non-hydrogen) atoms. The van der Waals surface area contributed by atoms with Gasteiger partial charge in [-0.25, -0.2) is 0 Å². The number of carbonyl (C=O) groups excluding carboxylic acids is 1. The number of nitrogen functional groups attached to an aromatic ring is 1. The number of hydrogen-bond acceptors (Lipinski definition) is 6. The first-order valence-corrected chi connectivity index (χ1v) is 7.54. The molecular formula is C13H15N3OS2. The Bertz CT molecular complexity index is 610. The molecule has 2 N–H and O–H groups in total. The van der Waals surface area contributed by atoms with E-state index in [2.05, 4.69) is 10.2 Å². The molecule has 0 amide bonds. The highest BCUT2D eigenvalue weighted by molar-refractivity contribution is 8.02. The van der Waals surface area contributed by atoms with Crippen LogP contribution in [0.2, 0.25) is 0 Å². The highest BCUT2D eigenvalue weighted by Gasteiger charge is 2.18. The molecule has 0 aliphatic rings. The fraction of sp³-hybridized carbons (Fsp3) is 0.308. The number of aryl methyl sites for hydroxylation is 2. The number of Topliss-reactive ketones (excluding diaryl/α,β-unsaturated/α-hetero) is 1. The van der Waals surface area contributed by atoms with E-state index in [0.717, 1.165) is 15.5 Å². The Morgan fingerprint density at radius 2 is 2.05 bits per heavy atom. The van der Waals surface area contributed by atoms with Crippen LogP contribution in [0, 0.1) is 13.8 Å². The second-order valence-corrected chi connectivity index (χ2v) is 6.93. The van der Waals surface area contributed by atoms with Crippen LogP contribution < -0.4 is 5.73 Å². The van der Waals surface area contributed by atoms with Gasteiger partial charge in [0.25, 0.3) is 0 Å². The third-order valence-corrected chi connectivity index (χ3v) is 4.80. The summed E-state index contributed by atoms with van der Waals surface area (Å²) in [6, 6.07) is 5.78. The summed E-state index contributed by atoms with van der Waals surface area (Å²) in [5.41, 5.74) is 8.58. The summed E-state index contributed by atoms with van der Waals surface area (Å²) in [4.78, 5) is 12.3. The molecule has 100 valence electrons. The second-order valence-electron chi connectivity index (χ2n) is 4.33. The molecule has 6 heteroatoms. The minimum atomic E-state index is -0.200. The fourth-order valence-corrected chi connectivity index (χ4v) is 3.46. The molecule has 0 spiro atoms. The largest absolute Gasteiger partial charge is 0.374 e. The molecule has 2 rings (SSSR count). The Morgan fingerprint density at radius 3 is 2.63 bits per heavy atom. The molecule has 0 bridgehead atoms. The highest BCUT2D eigenvalue weighted by Crippen LogP contribution is 2.29. The van der Waals surface area contributed by atoms with Crippen molar-refractivity contribution in [3.05, 3.63) is 34.9 Å². The van der Waals surface area contributed by atoms with Crippen molar-refractivity contribution in [2.45, 2.75) is 30.4 Å². The minimum Gasteiger partial charge on any atom is -0.374 e. The first-order valence-electron chi connectivity index (χ1n) is 5.84. The second kappa shape index (κ2) is 5.71. The van der Waals surface area contributed by atoms with Gasteiger partial charge in [-0.1, -0.05) is 35.2 Å². The number of aromatic nitrogens is 2. The molecule has 0 unspecified atom stereocenters. The number of hydrogen-bond donors (Lipinski definition) is 1. The molecule has 0 aliphatic carbocycles. The predicted octanol–water partition coefficient (Wildman–Crippen LogP) is 3.10. The Labute approximate surface area is 120 Å². The molecule has 0 saturated carbocycles. The van der Waals surface area contributed by atoms with E-state index in [-0.39, 0.29) is 11.0 Å². The quantitative estimate of drug-likeness (QED) is 0.693. The molecule has 4 nitrogen and oxygen atoms in total. The van der Waals surface area contributed by atoms with E-state index in [1.54, 1.807) is 0 Å². The van der Waals surface area contributed by atoms with Gasteiger partial charge in [0, 0.05) is 5.56 Å². The average Bonchev–Trinajstić information content (AvgIpc) is 2.77. The number of ketones is 1. The van der Waals surface area contributed by atoms with Gasteiger partial charge in [0.2, 0.25) is 5.13 Å². The van der Waals surface area contributed by atoms with Gasteiger partial charge in [0.1, 0.15) is 0 Å². The Hall–Kier alpha value is -1.40. The van der Waals surface area contributed by atoms with Crippen LogP contribution in [0.15, 0.2) is 22.5 Å². The first kappa shape index (κ1) is 14.0. The van der Waals surface area contributed by atoms with Crippen molar-refractivity contribution in [2.75, 3.05) is 5.73 Å². The van der Waals surface area contributed by atoms with E-state index in [1.807, 2.05) is 39.0 Å². The average molecular weight is 293 g/mol. The molecular weight excluding hydrogens is 278 g/mol. The number of anilines is 1. The van der Waals surface area contributed by atoms with Gasteiger partial charge in [0.05, 0.1) is 5.25 Å². The van der Waals surface area contributed by atoms with Gasteiger partial charge in [-0.3, -0.25) is 4.79 Å². The zero-order valence-corrected chi connectivity index (χ0v) is 12.6. The van der Waals surface area contributed by atoms with Crippen LogP contribution in [-0.4, -0.2) is 21.2 Å². The summed E-state index contributed by atoms with van der Waals surface area (Å²) in [5.74, 6) is 0.0990. The number of thioether (sulfide) groups is 1. The molecule has 0 radical (unpaired) electrons. The maximum Gasteiger partial charge on any atom is 0.203 e. The maximum atomic E-state index is 12.3. The molecule has 1 aromatic heterocycles. The molecule has 0 aliphatic heterocycles. The van der Waals surface area contributed by atoms with Crippen LogP contribution in [-0.2, 0) is 0 Å². The van der Waals surface area contributed by atoms with Crippen molar-refractivity contribution >= 4 is 34.0 Å². The maximum absolute atomic E-state index is 12.3. The van der Waals surface area contributed by atoms with E-state index in [9.17, 15) is 4.79 Å². The fourth-order valence-electron chi connectivity index (χ4n) is 1.60. The van der Waals surface area contributed by atoms with Crippen molar-refractivity contribution in [1.29, 1.82) is 0 Å². The lowest BCUT2D eigenvalue weighted by Gasteiger charge is -2.09. The molecule has 1 aromatic carbocycles. The van der Waals surface area contributed by atoms with Gasteiger partial charge in [-0.15, -0.1) is 10.2 Å². The van der Waals surface area contributed by atoms with Gasteiger partial charge in [0.15, 0.2) is 10.1 Å². The van der Waals surface area contributed by atoms with Crippen LogP contribution in [0.25, 0.3) is 0 Å². The summed E-state index contributed by atoms with van der Waals surface area (Å²) in [6.07, 6.45) is 0. The topological polar surface area (TPSA) is 68.9 Å². The highest BCUT2D eigenvalue weighted by atomic mass is 32.2. The van der Waals surface area contributed by atoms with Gasteiger partial charge < -0.3 is 5.73 Å². The molecule has 2 aromatic rings. The summed E-state index contributed by atoms with van der Waals surface area (Å²) in [6.45, 7) is 5.92. The number of nitrogens with two attached hydrogens (primary N) is 1. The van der Waals surface area contributed by atoms with Crippen LogP contribution in [0.1, 0.15) is 28.4 Å². The van der Waals surface area contributed by atoms with Crippen LogP contribution in [0.5, 0.6) is 0 Å². The van der Waals surface area contributed by atoms with Crippen molar-refractivity contribution in [3.8, 4) is 0 Å². The lowest BCUT2D eigenvalue weighted by atomic mass is 10.0. The SMILES string of the molecule is Cc1ccc(C(=O)[C@@H](C)Sc2nnc(N)s2)cc1C. The van der Waals surface area contributed by atoms with Gasteiger partial charge in [-0.05, 0) is 38.0 Å². The van der Waals surface area contributed by atoms with Crippen molar-refractivity contribution in [3.63, 3.8) is 0 Å². The zero-order chi connectivity index (χ0) is 14.0. The van der Waals surface area contributed by atoms with E-state index in [0.29, 0.717) is 5.13 Å². The summed E-state index contributed by atoms with van der Waals surface area (Å²) in [7, 11) is 0. The Kier molecular flexibility index (Phi) is 4.21. The van der Waals surface area contributed by atoms with Crippen molar-refractivity contribution in [2.24, 2.45) is 0 Å². The lowest BCUT2D eigenvalue weighted by molar-refractivity contribution is 0.0994. The lowest BCUT2D eigenvalue weighted by Crippen LogP contribution is -2.13. The number of rotatable bonds is 4. The van der Waals surface area contributed by atoms with Crippen molar-refractivity contribution < 1.29 is 4.79 Å². The third kappa shape index (κ3) is 3.33. The minimum absolute atomic E-state index is 0.0990. The number of nitrogens with zero attached hydrogens (tertiary/aromatic N) is 2. The smallest absolute Gasteiger partial charge is 0.203 e. The molecule has 1 heterocycles. The predicted molar refractivity (Wildman–Crippen MR) is 79.9 cm³/mol. The number of carbonyl (C=O) groups is 1. The van der Waals surface area contributed by atoms with Gasteiger partial charge in [-0.2, -0.15) is 0 Å². The van der Waals surface area contributed by atoms with E-state index >= 15 is 0 Å². The van der Waals surface area contributed by atoms with Crippen LogP contribution >= 0.6 is 23.1 Å². The Balaban J connectivity index is 2.12. The third-order valence-electron chi connectivity index (χ3n) is 2.86. The molecule has 0 saturated heterocycles. The Morgan fingerprint density at radius 1 is 1.32 bits per heavy atom. The monoisotopic (exact) mass is 293 g/mol. The van der Waals surface area contributed by atoms with Gasteiger partial charge >= 0.3 is 0 Å². The normalized spacial score (nSPS) is 12.4. The summed E-state index contributed by atoms with van der Waals surface area (Å²) in [5, 5.41) is 7.88. The summed E-state index contributed by atoms with van der Waals surface area (Å²) >= 11 is 2.69. The first-order chi connectivity index (χ1) is 8.97.